The van der Waals surface area contributed by atoms with Gasteiger partial charge >= 0.3 is 0 Å². The summed E-state index contributed by atoms with van der Waals surface area (Å²) in [6.07, 6.45) is 0. The molecule has 0 spiro atoms. The first-order valence-electron chi connectivity index (χ1n) is 6.77. The van der Waals surface area contributed by atoms with Crippen molar-refractivity contribution in [3.05, 3.63) is 74.4 Å². The van der Waals surface area contributed by atoms with Crippen LogP contribution in [0.1, 0.15) is 10.6 Å². The summed E-state index contributed by atoms with van der Waals surface area (Å²) in [5.74, 6) is 0.0884. The van der Waals surface area contributed by atoms with Crippen LogP contribution < -0.4 is 5.32 Å². The molecule has 0 radical (unpaired) electrons. The van der Waals surface area contributed by atoms with Crippen molar-refractivity contribution < 1.29 is 9.21 Å². The van der Waals surface area contributed by atoms with E-state index < -0.39 is 5.91 Å². The van der Waals surface area contributed by atoms with Gasteiger partial charge in [-0.15, -0.1) is 0 Å². The Hall–Kier alpha value is -1.65. The van der Waals surface area contributed by atoms with Gasteiger partial charge in [-0.1, -0.05) is 58.5 Å². The molecule has 7 heteroatoms. The molecule has 3 aromatic rings. The van der Waals surface area contributed by atoms with Crippen LogP contribution in [-0.4, -0.2) is 5.91 Å². The SMILES string of the molecule is O=C(Nc1cccc(Cl)c1Cl)c1ccc(-c2cccc(Cl)c2Cl)o1. The Morgan fingerprint density at radius 1 is 0.833 bits per heavy atom. The number of carbonyl (C=O) groups excluding carboxylic acids is 1. The van der Waals surface area contributed by atoms with Gasteiger partial charge in [0.2, 0.25) is 0 Å². The van der Waals surface area contributed by atoms with Gasteiger partial charge in [0, 0.05) is 5.56 Å². The maximum atomic E-state index is 12.3. The van der Waals surface area contributed by atoms with Crippen molar-refractivity contribution in [2.24, 2.45) is 0 Å². The van der Waals surface area contributed by atoms with Crippen LogP contribution in [0.2, 0.25) is 20.1 Å². The zero-order chi connectivity index (χ0) is 17.3. The minimum Gasteiger partial charge on any atom is -0.451 e. The highest BCUT2D eigenvalue weighted by Gasteiger charge is 2.16. The summed E-state index contributed by atoms with van der Waals surface area (Å²) in [6.45, 7) is 0. The van der Waals surface area contributed by atoms with Crippen LogP contribution in [0.25, 0.3) is 11.3 Å². The zero-order valence-electron chi connectivity index (χ0n) is 11.9. The van der Waals surface area contributed by atoms with E-state index in [2.05, 4.69) is 5.32 Å². The van der Waals surface area contributed by atoms with Gasteiger partial charge in [0.05, 0.1) is 25.8 Å². The number of rotatable bonds is 3. The summed E-state index contributed by atoms with van der Waals surface area (Å²) in [5, 5.41) is 4.02. The molecule has 0 aliphatic carbocycles. The van der Waals surface area contributed by atoms with Crippen LogP contribution in [0.5, 0.6) is 0 Å². The zero-order valence-corrected chi connectivity index (χ0v) is 15.0. The Kier molecular flexibility index (Phi) is 5.07. The van der Waals surface area contributed by atoms with Crippen molar-refractivity contribution in [3.8, 4) is 11.3 Å². The smallest absolute Gasteiger partial charge is 0.291 e. The van der Waals surface area contributed by atoms with E-state index in [1.807, 2.05) is 0 Å². The molecule has 0 aliphatic heterocycles. The second-order valence-corrected chi connectivity index (χ2v) is 6.39. The van der Waals surface area contributed by atoms with Crippen LogP contribution in [-0.2, 0) is 0 Å². The van der Waals surface area contributed by atoms with Crippen LogP contribution in [0.4, 0.5) is 5.69 Å². The maximum Gasteiger partial charge on any atom is 0.291 e. The molecule has 0 saturated carbocycles. The number of hydrogen-bond donors (Lipinski definition) is 1. The molecular formula is C17H9Cl4NO2. The third kappa shape index (κ3) is 3.40. The summed E-state index contributed by atoms with van der Waals surface area (Å²) in [4.78, 5) is 12.3. The van der Waals surface area contributed by atoms with Crippen molar-refractivity contribution in [2.75, 3.05) is 5.32 Å². The fraction of sp³-hybridized carbons (Fsp3) is 0. The van der Waals surface area contributed by atoms with E-state index in [4.69, 9.17) is 50.8 Å². The highest BCUT2D eigenvalue weighted by molar-refractivity contribution is 6.44. The normalized spacial score (nSPS) is 10.7. The average molecular weight is 401 g/mol. The number of furan rings is 1. The van der Waals surface area contributed by atoms with Crippen molar-refractivity contribution >= 4 is 58.0 Å². The number of carbonyl (C=O) groups is 1. The number of amides is 1. The fourth-order valence-corrected chi connectivity index (χ4v) is 2.82. The van der Waals surface area contributed by atoms with Gasteiger partial charge in [-0.25, -0.2) is 0 Å². The van der Waals surface area contributed by atoms with E-state index in [9.17, 15) is 4.79 Å². The van der Waals surface area contributed by atoms with Crippen LogP contribution >= 0.6 is 46.4 Å². The van der Waals surface area contributed by atoms with Crippen molar-refractivity contribution in [1.29, 1.82) is 0 Å². The predicted molar refractivity (Wildman–Crippen MR) is 98.6 cm³/mol. The molecule has 1 aromatic heterocycles. The van der Waals surface area contributed by atoms with E-state index in [0.29, 0.717) is 32.1 Å². The van der Waals surface area contributed by atoms with Crippen molar-refractivity contribution in [3.63, 3.8) is 0 Å². The molecule has 0 fully saturated rings. The largest absolute Gasteiger partial charge is 0.451 e. The third-order valence-electron chi connectivity index (χ3n) is 3.25. The lowest BCUT2D eigenvalue weighted by Crippen LogP contribution is -2.11. The third-order valence-corrected chi connectivity index (χ3v) is 4.88. The highest BCUT2D eigenvalue weighted by Crippen LogP contribution is 2.35. The number of hydrogen-bond acceptors (Lipinski definition) is 2. The Balaban J connectivity index is 1.86. The van der Waals surface area contributed by atoms with E-state index in [-0.39, 0.29) is 10.8 Å². The van der Waals surface area contributed by atoms with Gasteiger partial charge in [0.1, 0.15) is 5.76 Å². The van der Waals surface area contributed by atoms with Crippen LogP contribution in [0, 0.1) is 0 Å². The molecule has 1 heterocycles. The molecular weight excluding hydrogens is 392 g/mol. The average Bonchev–Trinajstić information content (AvgIpc) is 3.04. The predicted octanol–water partition coefficient (Wildman–Crippen LogP) is 6.81. The van der Waals surface area contributed by atoms with Gasteiger partial charge in [0.25, 0.3) is 5.91 Å². The Morgan fingerprint density at radius 3 is 2.25 bits per heavy atom. The van der Waals surface area contributed by atoms with Crippen molar-refractivity contribution in [2.45, 2.75) is 0 Å². The summed E-state index contributed by atoms with van der Waals surface area (Å²) < 4.78 is 5.58. The fourth-order valence-electron chi connectivity index (χ4n) is 2.08. The molecule has 0 bridgehead atoms. The minimum absolute atomic E-state index is 0.108. The summed E-state index contributed by atoms with van der Waals surface area (Å²) in [5.41, 5.74) is 0.997. The minimum atomic E-state index is -0.455. The van der Waals surface area contributed by atoms with E-state index in [1.165, 1.54) is 0 Å². The molecule has 2 aromatic carbocycles. The first kappa shape index (κ1) is 17.2. The van der Waals surface area contributed by atoms with Gasteiger partial charge in [-0.2, -0.15) is 0 Å². The second-order valence-electron chi connectivity index (χ2n) is 4.82. The van der Waals surface area contributed by atoms with E-state index in [0.717, 1.165) is 0 Å². The molecule has 0 aliphatic rings. The van der Waals surface area contributed by atoms with Gasteiger partial charge < -0.3 is 9.73 Å². The standard InChI is InChI=1S/C17H9Cl4NO2/c18-10-4-1-3-9(15(10)20)13-7-8-14(24-13)17(23)22-12-6-2-5-11(19)16(12)21/h1-8H,(H,22,23). The molecule has 24 heavy (non-hydrogen) atoms. The first-order chi connectivity index (χ1) is 11.5. The van der Waals surface area contributed by atoms with E-state index >= 15 is 0 Å². The Bertz CT molecular complexity index is 921. The number of halogens is 4. The molecule has 122 valence electrons. The van der Waals surface area contributed by atoms with Crippen LogP contribution in [0.3, 0.4) is 0 Å². The molecule has 1 amide bonds. The van der Waals surface area contributed by atoms with Gasteiger partial charge in [0.15, 0.2) is 5.76 Å². The van der Waals surface area contributed by atoms with Gasteiger partial charge in [-0.3, -0.25) is 4.79 Å². The lowest BCUT2D eigenvalue weighted by Gasteiger charge is -2.06. The van der Waals surface area contributed by atoms with E-state index in [1.54, 1.807) is 48.5 Å². The lowest BCUT2D eigenvalue weighted by atomic mass is 10.2. The summed E-state index contributed by atoms with van der Waals surface area (Å²) >= 11 is 24.1. The quantitative estimate of drug-likeness (QED) is 0.524. The van der Waals surface area contributed by atoms with Crippen molar-refractivity contribution in [1.82, 2.24) is 0 Å². The lowest BCUT2D eigenvalue weighted by molar-refractivity contribution is 0.0997. The summed E-state index contributed by atoms with van der Waals surface area (Å²) in [6, 6.07) is 13.3. The molecule has 3 rings (SSSR count). The topological polar surface area (TPSA) is 42.2 Å². The molecule has 0 unspecified atom stereocenters. The van der Waals surface area contributed by atoms with Crippen LogP contribution in [0.15, 0.2) is 52.9 Å². The maximum absolute atomic E-state index is 12.3. The first-order valence-corrected chi connectivity index (χ1v) is 8.28. The Morgan fingerprint density at radius 2 is 1.50 bits per heavy atom. The highest BCUT2D eigenvalue weighted by atomic mass is 35.5. The monoisotopic (exact) mass is 399 g/mol. The molecule has 0 atom stereocenters. The van der Waals surface area contributed by atoms with Gasteiger partial charge in [-0.05, 0) is 36.4 Å². The number of nitrogens with one attached hydrogen (secondary N) is 1. The number of anilines is 1. The molecule has 3 nitrogen and oxygen atoms in total. The molecule has 0 saturated heterocycles. The Labute approximate surface area is 158 Å². The molecule has 1 N–H and O–H groups in total. The second kappa shape index (κ2) is 7.08. The number of benzene rings is 2. The summed E-state index contributed by atoms with van der Waals surface area (Å²) in [7, 11) is 0.